The highest BCUT2D eigenvalue weighted by atomic mass is 35.5. The van der Waals surface area contributed by atoms with Gasteiger partial charge >= 0.3 is 0 Å². The Labute approximate surface area is 163 Å². The van der Waals surface area contributed by atoms with E-state index in [2.05, 4.69) is 9.88 Å². The van der Waals surface area contributed by atoms with Crippen molar-refractivity contribution in [3.63, 3.8) is 0 Å². The minimum absolute atomic E-state index is 0.00184. The maximum absolute atomic E-state index is 12.7. The molecule has 0 saturated carbocycles. The van der Waals surface area contributed by atoms with E-state index in [-0.39, 0.29) is 12.2 Å². The lowest BCUT2D eigenvalue weighted by atomic mass is 9.90. The van der Waals surface area contributed by atoms with Gasteiger partial charge in [0, 0.05) is 35.4 Å². The van der Waals surface area contributed by atoms with Crippen LogP contribution in [0.4, 0.5) is 5.69 Å². The molecule has 1 unspecified atom stereocenters. The molecule has 2 aromatic carbocycles. The predicted octanol–water partition coefficient (Wildman–Crippen LogP) is 4.22. The van der Waals surface area contributed by atoms with Crippen molar-refractivity contribution in [1.29, 1.82) is 0 Å². The number of pyridine rings is 1. The van der Waals surface area contributed by atoms with Crippen molar-refractivity contribution in [3.05, 3.63) is 94.8 Å². The monoisotopic (exact) mass is 378 g/mol. The zero-order chi connectivity index (χ0) is 18.9. The smallest absolute Gasteiger partial charge is 0.184 e. The van der Waals surface area contributed by atoms with Crippen molar-refractivity contribution >= 4 is 23.1 Å². The number of carbonyl (C=O) groups is 1. The summed E-state index contributed by atoms with van der Waals surface area (Å²) in [5, 5.41) is 12.0. The number of anilines is 1. The number of para-hydroxylation sites is 1. The van der Waals surface area contributed by atoms with Gasteiger partial charge in [0.2, 0.25) is 0 Å². The van der Waals surface area contributed by atoms with Gasteiger partial charge in [-0.15, -0.1) is 0 Å². The molecule has 0 fully saturated rings. The van der Waals surface area contributed by atoms with Gasteiger partial charge in [-0.3, -0.25) is 9.78 Å². The first-order chi connectivity index (χ1) is 13.0. The number of carbonyl (C=O) groups excluding carboxylic acids is 1. The molecule has 4 nitrogen and oxygen atoms in total. The molecule has 2 heterocycles. The van der Waals surface area contributed by atoms with Crippen molar-refractivity contribution in [3.8, 4) is 0 Å². The molecule has 3 aromatic rings. The van der Waals surface area contributed by atoms with E-state index in [0.29, 0.717) is 23.8 Å². The largest absolute Gasteiger partial charge is 0.383 e. The zero-order valence-electron chi connectivity index (χ0n) is 14.7. The van der Waals surface area contributed by atoms with Crippen LogP contribution in [0.5, 0.6) is 0 Å². The molecule has 1 atom stereocenters. The number of β-amino-alcohol motifs (C(OH)–C–C–N with tert-alkyl or cyclic N) is 1. The van der Waals surface area contributed by atoms with Gasteiger partial charge in [0.1, 0.15) is 11.3 Å². The normalized spacial score (nSPS) is 18.4. The fourth-order valence-corrected chi connectivity index (χ4v) is 3.74. The third kappa shape index (κ3) is 3.59. The van der Waals surface area contributed by atoms with Crippen LogP contribution < -0.4 is 4.90 Å². The van der Waals surface area contributed by atoms with Crippen molar-refractivity contribution in [2.75, 3.05) is 11.4 Å². The molecule has 1 aromatic heterocycles. The van der Waals surface area contributed by atoms with Crippen molar-refractivity contribution < 1.29 is 9.90 Å². The molecule has 0 saturated heterocycles. The number of hydrogen-bond acceptors (Lipinski definition) is 4. The lowest BCUT2D eigenvalue weighted by molar-refractivity contribution is 0.0402. The van der Waals surface area contributed by atoms with Gasteiger partial charge in [-0.05, 0) is 35.9 Å². The van der Waals surface area contributed by atoms with E-state index in [4.69, 9.17) is 11.6 Å². The quantitative estimate of drug-likeness (QED) is 0.675. The highest BCUT2D eigenvalue weighted by Gasteiger charge is 2.42. The summed E-state index contributed by atoms with van der Waals surface area (Å²) < 4.78 is 0. The molecule has 0 aliphatic carbocycles. The second-order valence-corrected chi connectivity index (χ2v) is 7.28. The van der Waals surface area contributed by atoms with Crippen LogP contribution in [0.3, 0.4) is 0 Å². The highest BCUT2D eigenvalue weighted by molar-refractivity contribution is 6.30. The zero-order valence-corrected chi connectivity index (χ0v) is 15.4. The average Bonchev–Trinajstić information content (AvgIpc) is 2.96. The summed E-state index contributed by atoms with van der Waals surface area (Å²) in [7, 11) is 0. The van der Waals surface area contributed by atoms with Crippen molar-refractivity contribution in [2.45, 2.75) is 18.6 Å². The number of aliphatic hydroxyl groups is 1. The third-order valence-corrected chi connectivity index (χ3v) is 5.14. The van der Waals surface area contributed by atoms with Crippen LogP contribution in [0, 0.1) is 0 Å². The number of halogens is 1. The number of nitrogens with zero attached hydrogens (tertiary/aromatic N) is 2. The van der Waals surface area contributed by atoms with Crippen LogP contribution in [0.2, 0.25) is 5.02 Å². The van der Waals surface area contributed by atoms with Crippen LogP contribution in [0.25, 0.3) is 0 Å². The lowest BCUT2D eigenvalue weighted by Gasteiger charge is -2.24. The summed E-state index contributed by atoms with van der Waals surface area (Å²) in [6.45, 7) is 0.988. The van der Waals surface area contributed by atoms with E-state index >= 15 is 0 Å². The Bertz CT molecular complexity index is 960. The van der Waals surface area contributed by atoms with E-state index in [1.54, 1.807) is 24.4 Å². The van der Waals surface area contributed by atoms with E-state index < -0.39 is 5.60 Å². The molecule has 4 rings (SSSR count). The molecule has 1 aliphatic heterocycles. The Morgan fingerprint density at radius 1 is 1.07 bits per heavy atom. The Kier molecular flexibility index (Phi) is 4.68. The highest BCUT2D eigenvalue weighted by Crippen LogP contribution is 2.42. The SMILES string of the molecule is O=C(CC1(O)CN(Cc2ccc(Cl)cc2)c2ccccc21)c1ccccn1. The van der Waals surface area contributed by atoms with Gasteiger partial charge in [-0.25, -0.2) is 0 Å². The van der Waals surface area contributed by atoms with Crippen molar-refractivity contribution in [2.24, 2.45) is 0 Å². The molecule has 0 radical (unpaired) electrons. The van der Waals surface area contributed by atoms with Crippen molar-refractivity contribution in [1.82, 2.24) is 4.98 Å². The second kappa shape index (κ2) is 7.14. The second-order valence-electron chi connectivity index (χ2n) is 6.85. The molecule has 5 heteroatoms. The topological polar surface area (TPSA) is 53.4 Å². The molecule has 0 amide bonds. The lowest BCUT2D eigenvalue weighted by Crippen LogP contribution is -2.35. The van der Waals surface area contributed by atoms with Gasteiger partial charge < -0.3 is 10.0 Å². The van der Waals surface area contributed by atoms with Crippen LogP contribution in [0.15, 0.2) is 72.9 Å². The Morgan fingerprint density at radius 2 is 1.81 bits per heavy atom. The first-order valence-electron chi connectivity index (χ1n) is 8.81. The summed E-state index contributed by atoms with van der Waals surface area (Å²) in [5.74, 6) is -0.166. The molecule has 0 spiro atoms. The molecule has 1 aliphatic rings. The van der Waals surface area contributed by atoms with E-state index in [9.17, 15) is 9.90 Å². The van der Waals surface area contributed by atoms with Gasteiger partial charge in [0.05, 0.1) is 6.54 Å². The van der Waals surface area contributed by atoms with Gasteiger partial charge in [-0.2, -0.15) is 0 Å². The number of aromatic nitrogens is 1. The minimum Gasteiger partial charge on any atom is -0.383 e. The number of hydrogen-bond donors (Lipinski definition) is 1. The van der Waals surface area contributed by atoms with Gasteiger partial charge in [0.15, 0.2) is 5.78 Å². The van der Waals surface area contributed by atoms with Crippen LogP contribution in [0.1, 0.15) is 28.0 Å². The summed E-state index contributed by atoms with van der Waals surface area (Å²) >= 11 is 5.97. The number of rotatable bonds is 5. The van der Waals surface area contributed by atoms with E-state index in [1.165, 1.54) is 0 Å². The average molecular weight is 379 g/mol. The molecule has 136 valence electrons. The summed E-state index contributed by atoms with van der Waals surface area (Å²) in [4.78, 5) is 18.9. The number of fused-ring (bicyclic) bond motifs is 1. The first-order valence-corrected chi connectivity index (χ1v) is 9.18. The van der Waals surface area contributed by atoms with Gasteiger partial charge in [-0.1, -0.05) is 48.0 Å². The van der Waals surface area contributed by atoms with Crippen LogP contribution >= 0.6 is 11.6 Å². The first kappa shape index (κ1) is 17.7. The van der Waals surface area contributed by atoms with Crippen LogP contribution in [-0.2, 0) is 12.1 Å². The molecule has 0 bridgehead atoms. The Balaban J connectivity index is 1.61. The molecular weight excluding hydrogens is 360 g/mol. The number of ketones is 1. The fourth-order valence-electron chi connectivity index (χ4n) is 3.62. The standard InChI is InChI=1S/C22H19ClN2O2/c23-17-10-8-16(9-11-17)14-25-15-22(27,18-5-1-2-7-20(18)25)13-21(26)19-6-3-4-12-24-19/h1-12,27H,13-15H2. The molecule has 1 N–H and O–H groups in total. The Hall–Kier alpha value is -2.69. The maximum Gasteiger partial charge on any atom is 0.184 e. The van der Waals surface area contributed by atoms with E-state index in [1.807, 2.05) is 48.5 Å². The maximum atomic E-state index is 12.7. The predicted molar refractivity (Wildman–Crippen MR) is 106 cm³/mol. The summed E-state index contributed by atoms with van der Waals surface area (Å²) in [6.07, 6.45) is 1.59. The van der Waals surface area contributed by atoms with E-state index in [0.717, 1.165) is 16.8 Å². The molecular formula is C22H19ClN2O2. The fraction of sp³-hybridized carbons (Fsp3) is 0.182. The number of Topliss-reactive ketones (excluding diaryl/α,β-unsaturated/α-hetero) is 1. The minimum atomic E-state index is -1.24. The van der Waals surface area contributed by atoms with Crippen LogP contribution in [-0.4, -0.2) is 22.4 Å². The Morgan fingerprint density at radius 3 is 2.56 bits per heavy atom. The summed E-state index contributed by atoms with van der Waals surface area (Å²) in [6, 6.07) is 20.6. The van der Waals surface area contributed by atoms with Gasteiger partial charge in [0.25, 0.3) is 0 Å². The summed E-state index contributed by atoms with van der Waals surface area (Å²) in [5.41, 5.74) is 1.96. The molecule has 27 heavy (non-hydrogen) atoms. The number of benzene rings is 2. The third-order valence-electron chi connectivity index (χ3n) is 4.89.